The number of hydrogen-bond donors (Lipinski definition) is 4. The van der Waals surface area contributed by atoms with Crippen molar-refractivity contribution in [1.82, 2.24) is 30.0 Å². The van der Waals surface area contributed by atoms with Gasteiger partial charge in [0.25, 0.3) is 5.91 Å². The molecule has 0 unspecified atom stereocenters. The molecule has 4 rings (SSSR count). The number of aromatic amines is 1. The van der Waals surface area contributed by atoms with Gasteiger partial charge in [-0.1, -0.05) is 30.3 Å². The van der Waals surface area contributed by atoms with Crippen LogP contribution in [0.15, 0.2) is 61.1 Å². The molecule has 0 spiro atoms. The fourth-order valence-corrected chi connectivity index (χ4v) is 3.10. The van der Waals surface area contributed by atoms with Crippen molar-refractivity contribution in [2.45, 2.75) is 13.3 Å². The van der Waals surface area contributed by atoms with Crippen molar-refractivity contribution in [3.63, 3.8) is 0 Å². The van der Waals surface area contributed by atoms with Crippen LogP contribution >= 0.6 is 0 Å². The number of aliphatic hydroxyl groups is 1. The second kappa shape index (κ2) is 11.5. The highest BCUT2D eigenvalue weighted by molar-refractivity contribution is 5.95. The SMILES string of the molecule is Cc1cc(Nc2ncc(-c3ncn[nH]3)c(N)n2)ccc1C(=O)N(C)C.OCCc1ccccc1. The lowest BCUT2D eigenvalue weighted by Crippen LogP contribution is -2.22. The Morgan fingerprint density at radius 2 is 1.91 bits per heavy atom. The molecule has 1 amide bonds. The lowest BCUT2D eigenvalue weighted by Gasteiger charge is -2.14. The van der Waals surface area contributed by atoms with Crippen LogP contribution in [0.4, 0.5) is 17.5 Å². The lowest BCUT2D eigenvalue weighted by molar-refractivity contribution is 0.0827. The van der Waals surface area contributed by atoms with Crippen molar-refractivity contribution in [3.05, 3.63) is 77.7 Å². The highest BCUT2D eigenvalue weighted by atomic mass is 16.3. The van der Waals surface area contributed by atoms with Gasteiger partial charge >= 0.3 is 0 Å². The maximum Gasteiger partial charge on any atom is 0.253 e. The van der Waals surface area contributed by atoms with Crippen LogP contribution in [0.3, 0.4) is 0 Å². The number of nitrogens with zero attached hydrogens (tertiary/aromatic N) is 5. The smallest absolute Gasteiger partial charge is 0.253 e. The molecule has 2 heterocycles. The number of nitrogens with two attached hydrogens (primary N) is 1. The molecule has 5 N–H and O–H groups in total. The Labute approximate surface area is 197 Å². The number of aromatic nitrogens is 5. The zero-order valence-corrected chi connectivity index (χ0v) is 19.4. The third-order valence-corrected chi connectivity index (χ3v) is 4.85. The molecule has 0 radical (unpaired) electrons. The summed E-state index contributed by atoms with van der Waals surface area (Å²) in [5.41, 5.74) is 10.0. The first-order chi connectivity index (χ1) is 16.4. The first-order valence-electron chi connectivity index (χ1n) is 10.6. The second-order valence-corrected chi connectivity index (χ2v) is 7.64. The Balaban J connectivity index is 0.000000302. The number of carbonyl (C=O) groups excluding carboxylic acids is 1. The van der Waals surface area contributed by atoms with E-state index in [-0.39, 0.29) is 18.3 Å². The molecule has 0 fully saturated rings. The Hall–Kier alpha value is -4.31. The minimum Gasteiger partial charge on any atom is -0.396 e. The first-order valence-corrected chi connectivity index (χ1v) is 10.6. The van der Waals surface area contributed by atoms with Gasteiger partial charge in [-0.15, -0.1) is 0 Å². The molecule has 176 valence electrons. The van der Waals surface area contributed by atoms with Gasteiger partial charge < -0.3 is 21.1 Å². The molecular weight excluding hydrogens is 432 g/mol. The maximum atomic E-state index is 12.1. The monoisotopic (exact) mass is 460 g/mol. The number of benzene rings is 2. The van der Waals surface area contributed by atoms with Gasteiger partial charge in [0.1, 0.15) is 12.1 Å². The highest BCUT2D eigenvalue weighted by Gasteiger charge is 2.13. The topological polar surface area (TPSA) is 146 Å². The zero-order chi connectivity index (χ0) is 24.5. The van der Waals surface area contributed by atoms with E-state index >= 15 is 0 Å². The molecule has 0 aliphatic carbocycles. The number of amides is 1. The fourth-order valence-electron chi connectivity index (χ4n) is 3.10. The molecule has 0 aliphatic rings. The van der Waals surface area contributed by atoms with Gasteiger partial charge in [-0.05, 0) is 42.7 Å². The van der Waals surface area contributed by atoms with E-state index in [1.54, 1.807) is 37.3 Å². The standard InChI is InChI=1S/C16H18N8O.C8H10O/c1-9-6-10(4-5-11(9)15(25)24(2)3)21-16-18-7-12(13(17)22-16)14-19-8-20-23-14;9-7-6-8-4-2-1-3-5-8/h4-8H,1-3H3,(H,19,20,23)(H3,17,18,21,22);1-5,9H,6-7H2. The summed E-state index contributed by atoms with van der Waals surface area (Å²) < 4.78 is 0. The van der Waals surface area contributed by atoms with E-state index in [2.05, 4.69) is 30.5 Å². The van der Waals surface area contributed by atoms with Crippen LogP contribution in [0.5, 0.6) is 0 Å². The summed E-state index contributed by atoms with van der Waals surface area (Å²) in [4.78, 5) is 26.1. The average molecular weight is 461 g/mol. The third-order valence-electron chi connectivity index (χ3n) is 4.85. The number of carbonyl (C=O) groups is 1. The number of H-pyrrole nitrogens is 1. The minimum absolute atomic E-state index is 0.0408. The van der Waals surface area contributed by atoms with Crippen LogP contribution in [-0.4, -0.2) is 61.8 Å². The molecule has 10 nitrogen and oxygen atoms in total. The molecular formula is C24H28N8O2. The summed E-state index contributed by atoms with van der Waals surface area (Å²) in [6, 6.07) is 15.4. The molecule has 0 saturated carbocycles. The van der Waals surface area contributed by atoms with Gasteiger partial charge in [0.2, 0.25) is 5.95 Å². The van der Waals surface area contributed by atoms with Gasteiger partial charge in [-0.3, -0.25) is 9.89 Å². The van der Waals surface area contributed by atoms with Crippen molar-refractivity contribution in [2.75, 3.05) is 31.8 Å². The van der Waals surface area contributed by atoms with Crippen LogP contribution in [0.2, 0.25) is 0 Å². The van der Waals surface area contributed by atoms with Gasteiger partial charge in [-0.25, -0.2) is 9.97 Å². The van der Waals surface area contributed by atoms with Crippen molar-refractivity contribution < 1.29 is 9.90 Å². The molecule has 2 aromatic heterocycles. The van der Waals surface area contributed by atoms with E-state index in [9.17, 15) is 4.79 Å². The molecule has 0 aliphatic heterocycles. The number of nitrogens with one attached hydrogen (secondary N) is 2. The highest BCUT2D eigenvalue weighted by Crippen LogP contribution is 2.23. The first kappa shape index (κ1) is 24.3. The second-order valence-electron chi connectivity index (χ2n) is 7.64. The van der Waals surface area contributed by atoms with E-state index in [1.165, 1.54) is 11.9 Å². The number of nitrogen functional groups attached to an aromatic ring is 1. The van der Waals surface area contributed by atoms with E-state index in [4.69, 9.17) is 10.8 Å². The molecule has 0 atom stereocenters. The largest absolute Gasteiger partial charge is 0.396 e. The lowest BCUT2D eigenvalue weighted by atomic mass is 10.1. The van der Waals surface area contributed by atoms with Crippen LogP contribution in [0.1, 0.15) is 21.5 Å². The number of aryl methyl sites for hydroxylation is 1. The Bertz CT molecular complexity index is 1210. The van der Waals surface area contributed by atoms with Gasteiger partial charge in [0.15, 0.2) is 5.82 Å². The fraction of sp³-hybridized carbons (Fsp3) is 0.208. The Kier molecular flexibility index (Phi) is 8.25. The number of aliphatic hydroxyl groups excluding tert-OH is 1. The minimum atomic E-state index is -0.0408. The van der Waals surface area contributed by atoms with E-state index < -0.39 is 0 Å². The predicted molar refractivity (Wildman–Crippen MR) is 132 cm³/mol. The van der Waals surface area contributed by atoms with Crippen LogP contribution < -0.4 is 11.1 Å². The number of anilines is 3. The Morgan fingerprint density at radius 1 is 1.15 bits per heavy atom. The Morgan fingerprint density at radius 3 is 2.50 bits per heavy atom. The van der Waals surface area contributed by atoms with Gasteiger partial charge in [-0.2, -0.15) is 10.1 Å². The summed E-state index contributed by atoms with van der Waals surface area (Å²) >= 11 is 0. The van der Waals surface area contributed by atoms with Crippen LogP contribution in [0, 0.1) is 6.92 Å². The zero-order valence-electron chi connectivity index (χ0n) is 19.4. The van der Waals surface area contributed by atoms with Crippen molar-refractivity contribution in [1.29, 1.82) is 0 Å². The molecule has 0 bridgehead atoms. The molecule has 34 heavy (non-hydrogen) atoms. The summed E-state index contributed by atoms with van der Waals surface area (Å²) in [5, 5.41) is 18.1. The van der Waals surface area contributed by atoms with E-state index in [0.717, 1.165) is 17.7 Å². The van der Waals surface area contributed by atoms with Crippen molar-refractivity contribution in [2.24, 2.45) is 0 Å². The summed E-state index contributed by atoms with van der Waals surface area (Å²) in [6.45, 7) is 2.12. The average Bonchev–Trinajstić information content (AvgIpc) is 3.35. The molecule has 4 aromatic rings. The van der Waals surface area contributed by atoms with Gasteiger partial charge in [0.05, 0.1) is 5.56 Å². The van der Waals surface area contributed by atoms with Crippen LogP contribution in [0.25, 0.3) is 11.4 Å². The van der Waals surface area contributed by atoms with Crippen molar-refractivity contribution in [3.8, 4) is 11.4 Å². The quantitative estimate of drug-likeness (QED) is 0.344. The van der Waals surface area contributed by atoms with E-state index in [1.807, 2.05) is 43.3 Å². The molecule has 0 saturated heterocycles. The van der Waals surface area contributed by atoms with Gasteiger partial charge in [0, 0.05) is 38.1 Å². The normalized spacial score (nSPS) is 10.2. The predicted octanol–water partition coefficient (Wildman–Crippen LogP) is 2.82. The van der Waals surface area contributed by atoms with Crippen molar-refractivity contribution >= 4 is 23.4 Å². The number of rotatable bonds is 6. The molecule has 2 aromatic carbocycles. The third kappa shape index (κ3) is 6.36. The molecule has 10 heteroatoms. The summed E-state index contributed by atoms with van der Waals surface area (Å²) in [6.07, 6.45) is 3.73. The van der Waals surface area contributed by atoms with E-state index in [0.29, 0.717) is 22.9 Å². The van der Waals surface area contributed by atoms with Crippen LogP contribution in [-0.2, 0) is 6.42 Å². The maximum absolute atomic E-state index is 12.1. The summed E-state index contributed by atoms with van der Waals surface area (Å²) in [7, 11) is 3.45. The summed E-state index contributed by atoms with van der Waals surface area (Å²) in [5.74, 6) is 1.10. The number of hydrogen-bond acceptors (Lipinski definition) is 8.